The molecule has 0 bridgehead atoms. The largest absolute Gasteiger partial charge is 0.337 e. The Morgan fingerprint density at radius 3 is 2.94 bits per heavy atom. The maximum absolute atomic E-state index is 12.2. The normalized spacial score (nSPS) is 20.4. The summed E-state index contributed by atoms with van der Waals surface area (Å²) in [6.07, 6.45) is 0.525. The van der Waals surface area contributed by atoms with Gasteiger partial charge in [0.15, 0.2) is 0 Å². The highest BCUT2D eigenvalue weighted by Crippen LogP contribution is 2.11. The number of nitrogens with zero attached hydrogens (tertiary/aromatic N) is 1. The molecule has 1 heterocycles. The fraction of sp³-hybridized carbons (Fsp3) is 0.500. The minimum Gasteiger partial charge on any atom is -0.337 e. The van der Waals surface area contributed by atoms with E-state index in [0.717, 1.165) is 25.2 Å². The predicted molar refractivity (Wildman–Crippen MR) is 68.9 cm³/mol. The molecule has 0 spiro atoms. The van der Waals surface area contributed by atoms with Crippen molar-refractivity contribution >= 4 is 5.91 Å². The van der Waals surface area contributed by atoms with Crippen LogP contribution in [0.25, 0.3) is 0 Å². The lowest BCUT2D eigenvalue weighted by molar-refractivity contribution is -0.133. The molecule has 0 saturated carbocycles. The van der Waals surface area contributed by atoms with Gasteiger partial charge in [0.2, 0.25) is 5.91 Å². The molecule has 2 rings (SSSR count). The lowest BCUT2D eigenvalue weighted by atomic mass is 10.0. The standard InChI is InChI=1S/C14H20N2O/c1-11-5-3-4-6-13(11)9-14(17)16-8-7-15-10-12(16)2/h3-6,12,15H,7-10H2,1-2H3/t12-/m0/s1. The van der Waals surface area contributed by atoms with E-state index >= 15 is 0 Å². The van der Waals surface area contributed by atoms with Gasteiger partial charge in [-0.3, -0.25) is 4.79 Å². The third kappa shape index (κ3) is 2.86. The van der Waals surface area contributed by atoms with Crippen molar-refractivity contribution < 1.29 is 4.79 Å². The number of hydrogen-bond acceptors (Lipinski definition) is 2. The number of piperazine rings is 1. The number of carbonyl (C=O) groups excluding carboxylic acids is 1. The second-order valence-electron chi connectivity index (χ2n) is 4.74. The zero-order valence-corrected chi connectivity index (χ0v) is 10.6. The van der Waals surface area contributed by atoms with Gasteiger partial charge < -0.3 is 10.2 Å². The first-order chi connectivity index (χ1) is 8.18. The molecular formula is C14H20N2O. The fourth-order valence-corrected chi connectivity index (χ4v) is 2.28. The summed E-state index contributed by atoms with van der Waals surface area (Å²) in [5.74, 6) is 0.244. The zero-order chi connectivity index (χ0) is 12.3. The van der Waals surface area contributed by atoms with Crippen molar-refractivity contribution in [2.24, 2.45) is 0 Å². The second-order valence-corrected chi connectivity index (χ2v) is 4.74. The van der Waals surface area contributed by atoms with Gasteiger partial charge in [-0.15, -0.1) is 0 Å². The van der Waals surface area contributed by atoms with Gasteiger partial charge in [0.1, 0.15) is 0 Å². The number of benzene rings is 1. The molecule has 1 amide bonds. The maximum atomic E-state index is 12.2. The van der Waals surface area contributed by atoms with E-state index < -0.39 is 0 Å². The quantitative estimate of drug-likeness (QED) is 0.835. The fourth-order valence-electron chi connectivity index (χ4n) is 2.28. The molecule has 3 nitrogen and oxygen atoms in total. The summed E-state index contributed by atoms with van der Waals surface area (Å²) in [7, 11) is 0. The minimum atomic E-state index is 0.244. The van der Waals surface area contributed by atoms with Gasteiger partial charge in [-0.1, -0.05) is 24.3 Å². The average Bonchev–Trinajstić information content (AvgIpc) is 2.32. The molecule has 1 N–H and O–H groups in total. The van der Waals surface area contributed by atoms with E-state index in [1.54, 1.807) is 0 Å². The molecule has 1 fully saturated rings. The molecule has 3 heteroatoms. The van der Waals surface area contributed by atoms with Gasteiger partial charge in [0.25, 0.3) is 0 Å². The van der Waals surface area contributed by atoms with Crippen molar-refractivity contribution in [1.82, 2.24) is 10.2 Å². The van der Waals surface area contributed by atoms with Crippen molar-refractivity contribution in [3.8, 4) is 0 Å². The Morgan fingerprint density at radius 2 is 2.24 bits per heavy atom. The Hall–Kier alpha value is -1.35. The van der Waals surface area contributed by atoms with Gasteiger partial charge >= 0.3 is 0 Å². The summed E-state index contributed by atoms with van der Waals surface area (Å²) in [6, 6.07) is 8.41. The van der Waals surface area contributed by atoms with E-state index in [9.17, 15) is 4.79 Å². The molecular weight excluding hydrogens is 212 g/mol. The molecule has 0 aromatic heterocycles. The van der Waals surface area contributed by atoms with Crippen LogP contribution in [-0.2, 0) is 11.2 Å². The van der Waals surface area contributed by atoms with Crippen LogP contribution in [0.5, 0.6) is 0 Å². The van der Waals surface area contributed by atoms with Gasteiger partial charge in [-0.25, -0.2) is 0 Å². The minimum absolute atomic E-state index is 0.244. The summed E-state index contributed by atoms with van der Waals surface area (Å²) in [6.45, 7) is 6.79. The lowest BCUT2D eigenvalue weighted by Gasteiger charge is -2.34. The van der Waals surface area contributed by atoms with Gasteiger partial charge in [-0.05, 0) is 25.0 Å². The second kappa shape index (κ2) is 5.32. The van der Waals surface area contributed by atoms with E-state index in [2.05, 4.69) is 25.2 Å². The molecule has 0 unspecified atom stereocenters. The Kier molecular flexibility index (Phi) is 3.79. The SMILES string of the molecule is Cc1ccccc1CC(=O)N1CCNC[C@@H]1C. The summed E-state index contributed by atoms with van der Waals surface area (Å²) in [4.78, 5) is 14.2. The Morgan fingerprint density at radius 1 is 1.47 bits per heavy atom. The maximum Gasteiger partial charge on any atom is 0.227 e. The average molecular weight is 232 g/mol. The number of aryl methyl sites for hydroxylation is 1. The van der Waals surface area contributed by atoms with Crippen LogP contribution in [0.2, 0.25) is 0 Å². The van der Waals surface area contributed by atoms with Gasteiger partial charge in [0, 0.05) is 25.7 Å². The zero-order valence-electron chi connectivity index (χ0n) is 10.6. The van der Waals surface area contributed by atoms with Crippen molar-refractivity contribution in [3.63, 3.8) is 0 Å². The molecule has 0 aliphatic carbocycles. The van der Waals surface area contributed by atoms with Crippen molar-refractivity contribution in [1.29, 1.82) is 0 Å². The number of carbonyl (C=O) groups is 1. The lowest BCUT2D eigenvalue weighted by Crippen LogP contribution is -2.52. The number of hydrogen-bond donors (Lipinski definition) is 1. The van der Waals surface area contributed by atoms with Crippen molar-refractivity contribution in [3.05, 3.63) is 35.4 Å². The summed E-state index contributed by atoms with van der Waals surface area (Å²) in [5.41, 5.74) is 2.34. The van der Waals surface area contributed by atoms with Crippen molar-refractivity contribution in [2.45, 2.75) is 26.3 Å². The van der Waals surface area contributed by atoms with Crippen LogP contribution in [0, 0.1) is 6.92 Å². The van der Waals surface area contributed by atoms with Crippen molar-refractivity contribution in [2.75, 3.05) is 19.6 Å². The molecule has 17 heavy (non-hydrogen) atoms. The Balaban J connectivity index is 2.03. The smallest absolute Gasteiger partial charge is 0.227 e. The predicted octanol–water partition coefficient (Wildman–Crippen LogP) is 1.36. The van der Waals surface area contributed by atoms with E-state index in [1.807, 2.05) is 23.1 Å². The molecule has 0 radical (unpaired) electrons. The third-order valence-electron chi connectivity index (χ3n) is 3.42. The monoisotopic (exact) mass is 232 g/mol. The van der Waals surface area contributed by atoms with E-state index in [4.69, 9.17) is 0 Å². The Bertz CT molecular complexity index is 403. The molecule has 92 valence electrons. The number of rotatable bonds is 2. The molecule has 1 atom stereocenters. The highest BCUT2D eigenvalue weighted by Gasteiger charge is 2.22. The molecule has 1 aliphatic rings. The first kappa shape index (κ1) is 12.1. The van der Waals surface area contributed by atoms with Crippen LogP contribution in [0.4, 0.5) is 0 Å². The molecule has 1 aromatic rings. The third-order valence-corrected chi connectivity index (χ3v) is 3.42. The molecule has 1 saturated heterocycles. The first-order valence-corrected chi connectivity index (χ1v) is 6.23. The van der Waals surface area contributed by atoms with Crippen LogP contribution in [0.15, 0.2) is 24.3 Å². The summed E-state index contributed by atoms with van der Waals surface area (Å²) in [5, 5.41) is 3.30. The highest BCUT2D eigenvalue weighted by molar-refractivity contribution is 5.79. The van der Waals surface area contributed by atoms with Crippen LogP contribution in [0.1, 0.15) is 18.1 Å². The molecule has 1 aromatic carbocycles. The van der Waals surface area contributed by atoms with E-state index in [-0.39, 0.29) is 5.91 Å². The summed E-state index contributed by atoms with van der Waals surface area (Å²) >= 11 is 0. The van der Waals surface area contributed by atoms with Crippen LogP contribution >= 0.6 is 0 Å². The Labute approximate surface area is 103 Å². The van der Waals surface area contributed by atoms with E-state index in [0.29, 0.717) is 12.5 Å². The van der Waals surface area contributed by atoms with Crippen LogP contribution < -0.4 is 5.32 Å². The number of amides is 1. The molecule has 1 aliphatic heterocycles. The van der Waals surface area contributed by atoms with Crippen LogP contribution in [0.3, 0.4) is 0 Å². The van der Waals surface area contributed by atoms with E-state index in [1.165, 1.54) is 5.56 Å². The highest BCUT2D eigenvalue weighted by atomic mass is 16.2. The van der Waals surface area contributed by atoms with Gasteiger partial charge in [0.05, 0.1) is 6.42 Å². The summed E-state index contributed by atoms with van der Waals surface area (Å²) < 4.78 is 0. The topological polar surface area (TPSA) is 32.3 Å². The van der Waals surface area contributed by atoms with Gasteiger partial charge in [-0.2, -0.15) is 0 Å². The van der Waals surface area contributed by atoms with Crippen LogP contribution in [-0.4, -0.2) is 36.5 Å². The first-order valence-electron chi connectivity index (χ1n) is 6.23. The number of nitrogens with one attached hydrogen (secondary N) is 1.